The van der Waals surface area contributed by atoms with Crippen molar-refractivity contribution in [3.05, 3.63) is 77.6 Å². The summed E-state index contributed by atoms with van der Waals surface area (Å²) in [6, 6.07) is 15.4. The summed E-state index contributed by atoms with van der Waals surface area (Å²) in [5, 5.41) is 24.4. The highest BCUT2D eigenvalue weighted by Gasteiger charge is 2.78. The van der Waals surface area contributed by atoms with Gasteiger partial charge in [-0.25, -0.2) is 0 Å². The summed E-state index contributed by atoms with van der Waals surface area (Å²) in [4.78, 5) is 17.7. The first-order valence-corrected chi connectivity index (χ1v) is 11.4. The number of esters is 1. The number of pyridine rings is 1. The molecule has 188 valence electrons. The van der Waals surface area contributed by atoms with E-state index >= 15 is 0 Å². The Labute approximate surface area is 208 Å². The Morgan fingerprint density at radius 2 is 1.69 bits per heavy atom. The molecule has 1 aliphatic heterocycles. The van der Waals surface area contributed by atoms with Gasteiger partial charge in [0.25, 0.3) is 0 Å². The normalized spacial score (nSPS) is 28.0. The number of carbonyl (C=O) groups excluding carboxylic acids is 1. The first kappa shape index (κ1) is 23.9. The highest BCUT2D eigenvalue weighted by atomic mass is 16.6. The van der Waals surface area contributed by atoms with Crippen LogP contribution in [-0.2, 0) is 20.7 Å². The lowest BCUT2D eigenvalue weighted by Gasteiger charge is -2.40. The average Bonchev–Trinajstić information content (AvgIpc) is 3.30. The van der Waals surface area contributed by atoms with E-state index in [2.05, 4.69) is 4.98 Å². The third-order valence-electron chi connectivity index (χ3n) is 7.28. The van der Waals surface area contributed by atoms with E-state index < -0.39 is 35.1 Å². The number of carbonyl (C=O) groups is 1. The molecule has 5 rings (SSSR count). The van der Waals surface area contributed by atoms with E-state index in [1.165, 1.54) is 21.3 Å². The number of hydrogen-bond acceptors (Lipinski definition) is 9. The van der Waals surface area contributed by atoms with E-state index in [-0.39, 0.29) is 17.1 Å². The lowest BCUT2D eigenvalue weighted by atomic mass is 9.71. The number of aromatic nitrogens is 1. The van der Waals surface area contributed by atoms with E-state index in [0.29, 0.717) is 22.8 Å². The van der Waals surface area contributed by atoms with Gasteiger partial charge in [-0.2, -0.15) is 0 Å². The monoisotopic (exact) mass is 493 g/mol. The number of ether oxygens (including phenoxy) is 5. The molecule has 9 nitrogen and oxygen atoms in total. The van der Waals surface area contributed by atoms with Crippen molar-refractivity contribution < 1.29 is 38.7 Å². The summed E-state index contributed by atoms with van der Waals surface area (Å²) in [6.45, 7) is 0. The number of aliphatic hydroxyl groups is 2. The third kappa shape index (κ3) is 3.02. The summed E-state index contributed by atoms with van der Waals surface area (Å²) in [5.41, 5.74) is -2.66. The zero-order valence-corrected chi connectivity index (χ0v) is 20.3. The zero-order chi connectivity index (χ0) is 25.7. The van der Waals surface area contributed by atoms with Crippen LogP contribution in [0.3, 0.4) is 0 Å². The number of hydrogen-bond donors (Lipinski definition) is 2. The molecule has 2 heterocycles. The van der Waals surface area contributed by atoms with Gasteiger partial charge in [0.1, 0.15) is 29.1 Å². The van der Waals surface area contributed by atoms with Crippen LogP contribution in [0.2, 0.25) is 0 Å². The van der Waals surface area contributed by atoms with Crippen LogP contribution in [0.1, 0.15) is 22.7 Å². The molecule has 0 unspecified atom stereocenters. The van der Waals surface area contributed by atoms with E-state index in [1.807, 2.05) is 0 Å². The molecule has 2 N–H and O–H groups in total. The molecule has 0 saturated heterocycles. The van der Waals surface area contributed by atoms with Gasteiger partial charge in [0.2, 0.25) is 0 Å². The molecule has 0 amide bonds. The summed E-state index contributed by atoms with van der Waals surface area (Å²) in [7, 11) is 5.74. The van der Waals surface area contributed by atoms with Crippen LogP contribution in [0.25, 0.3) is 0 Å². The molecule has 2 aliphatic rings. The van der Waals surface area contributed by atoms with Crippen molar-refractivity contribution in [2.45, 2.75) is 23.2 Å². The summed E-state index contributed by atoms with van der Waals surface area (Å²) in [5.74, 6) is -1.33. The zero-order valence-electron chi connectivity index (χ0n) is 20.3. The fraction of sp³-hybridized carbons (Fsp3) is 0.333. The quantitative estimate of drug-likeness (QED) is 0.500. The van der Waals surface area contributed by atoms with Gasteiger partial charge in [-0.1, -0.05) is 18.2 Å². The number of rotatable bonds is 6. The van der Waals surface area contributed by atoms with Gasteiger partial charge in [0.05, 0.1) is 45.8 Å². The van der Waals surface area contributed by atoms with Crippen LogP contribution >= 0.6 is 0 Å². The van der Waals surface area contributed by atoms with E-state index in [0.717, 1.165) is 0 Å². The van der Waals surface area contributed by atoms with Crippen molar-refractivity contribution in [1.82, 2.24) is 4.98 Å². The van der Waals surface area contributed by atoms with Crippen molar-refractivity contribution >= 4 is 5.97 Å². The molecule has 0 spiro atoms. The van der Waals surface area contributed by atoms with Gasteiger partial charge in [-0.3, -0.25) is 9.78 Å². The highest BCUT2D eigenvalue weighted by molar-refractivity contribution is 5.78. The molecule has 2 aromatic carbocycles. The minimum absolute atomic E-state index is 0.210. The predicted molar refractivity (Wildman–Crippen MR) is 127 cm³/mol. The highest BCUT2D eigenvalue weighted by Crippen LogP contribution is 2.70. The molecule has 1 aliphatic carbocycles. The second-order valence-corrected chi connectivity index (χ2v) is 8.76. The topological polar surface area (TPSA) is 117 Å². The number of benzene rings is 2. The summed E-state index contributed by atoms with van der Waals surface area (Å²) >= 11 is 0. The van der Waals surface area contributed by atoms with Gasteiger partial charge < -0.3 is 33.9 Å². The Morgan fingerprint density at radius 3 is 2.28 bits per heavy atom. The number of fused-ring (bicyclic) bond motifs is 3. The maximum absolute atomic E-state index is 13.2. The minimum Gasteiger partial charge on any atom is -0.497 e. The Bertz CT molecular complexity index is 1280. The van der Waals surface area contributed by atoms with Crippen molar-refractivity contribution in [3.63, 3.8) is 0 Å². The van der Waals surface area contributed by atoms with Gasteiger partial charge in [0.15, 0.2) is 11.2 Å². The fourth-order valence-electron chi connectivity index (χ4n) is 5.75. The summed E-state index contributed by atoms with van der Waals surface area (Å²) in [6.07, 6.45) is -0.0523. The van der Waals surface area contributed by atoms with Gasteiger partial charge in [-0.15, -0.1) is 0 Å². The van der Waals surface area contributed by atoms with Crippen LogP contribution in [0.15, 0.2) is 60.8 Å². The molecule has 0 radical (unpaired) electrons. The standard InChI is InChI=1S/C27H27NO8/c1-32-16-10-8-15(9-11-16)27-22(18-7-5-6-12-28-18)21(25(30)35-4)24(29)26(27,31)23-19(34-3)13-17(33-2)14-20(23)36-27/h5-14,21-22,24,29,31H,1-4H3/t21-,22-,24-,26+,27+/m1/s1. The van der Waals surface area contributed by atoms with Crippen molar-refractivity contribution in [3.8, 4) is 23.0 Å². The average molecular weight is 494 g/mol. The maximum atomic E-state index is 13.2. The van der Waals surface area contributed by atoms with Crippen LogP contribution in [-0.4, -0.2) is 55.7 Å². The molecule has 1 aromatic heterocycles. The van der Waals surface area contributed by atoms with Crippen molar-refractivity contribution in [1.29, 1.82) is 0 Å². The number of aliphatic hydroxyl groups excluding tert-OH is 1. The van der Waals surface area contributed by atoms with Crippen molar-refractivity contribution in [2.24, 2.45) is 5.92 Å². The molecule has 36 heavy (non-hydrogen) atoms. The SMILES string of the molecule is COC(=O)[C@H]1[C@@H](O)[C@@]2(O)c3c(OC)cc(OC)cc3O[C@@]2(c2ccc(OC)cc2)[C@@H]1c1ccccn1. The van der Waals surface area contributed by atoms with Crippen LogP contribution in [0, 0.1) is 5.92 Å². The fourth-order valence-corrected chi connectivity index (χ4v) is 5.75. The lowest BCUT2D eigenvalue weighted by molar-refractivity contribution is -0.161. The van der Waals surface area contributed by atoms with Gasteiger partial charge in [0, 0.05) is 24.0 Å². The molecule has 0 bridgehead atoms. The number of nitrogens with zero attached hydrogens (tertiary/aromatic N) is 1. The van der Waals surface area contributed by atoms with E-state index in [9.17, 15) is 15.0 Å². The Hall–Kier alpha value is -3.82. The Balaban J connectivity index is 1.88. The molecular weight excluding hydrogens is 466 g/mol. The minimum atomic E-state index is -2.13. The largest absolute Gasteiger partial charge is 0.497 e. The van der Waals surface area contributed by atoms with Crippen LogP contribution < -0.4 is 18.9 Å². The van der Waals surface area contributed by atoms with Gasteiger partial charge in [-0.05, 0) is 29.8 Å². The van der Waals surface area contributed by atoms with Crippen LogP contribution in [0.5, 0.6) is 23.0 Å². The first-order chi connectivity index (χ1) is 17.4. The van der Waals surface area contributed by atoms with Gasteiger partial charge >= 0.3 is 5.97 Å². The summed E-state index contributed by atoms with van der Waals surface area (Å²) < 4.78 is 28.1. The molecule has 1 saturated carbocycles. The molecule has 1 fully saturated rings. The first-order valence-electron chi connectivity index (χ1n) is 11.4. The van der Waals surface area contributed by atoms with Crippen LogP contribution in [0.4, 0.5) is 0 Å². The number of methoxy groups -OCH3 is 4. The Morgan fingerprint density at radius 1 is 0.972 bits per heavy atom. The molecular formula is C27H27NO8. The Kier molecular flexibility index (Phi) is 5.77. The molecule has 5 atom stereocenters. The smallest absolute Gasteiger partial charge is 0.312 e. The lowest BCUT2D eigenvalue weighted by Crippen LogP contribution is -2.52. The second kappa shape index (κ2) is 8.69. The third-order valence-corrected chi connectivity index (χ3v) is 7.28. The van der Waals surface area contributed by atoms with E-state index in [4.69, 9.17) is 23.7 Å². The predicted octanol–water partition coefficient (Wildman–Crippen LogP) is 2.53. The second-order valence-electron chi connectivity index (χ2n) is 8.76. The van der Waals surface area contributed by atoms with E-state index in [1.54, 1.807) is 67.9 Å². The maximum Gasteiger partial charge on any atom is 0.312 e. The molecule has 3 aromatic rings. The molecule has 9 heteroatoms. The van der Waals surface area contributed by atoms with Crippen molar-refractivity contribution in [2.75, 3.05) is 28.4 Å².